The van der Waals surface area contributed by atoms with Crippen molar-refractivity contribution in [3.8, 4) is 0 Å². The summed E-state index contributed by atoms with van der Waals surface area (Å²) in [4.78, 5) is 10.2. The second-order valence-electron chi connectivity index (χ2n) is 8.91. The molecule has 3 aliphatic rings. The zero-order valence-corrected chi connectivity index (χ0v) is 17.8. The fraction of sp³-hybridized carbons (Fsp3) is 0.952. The van der Waals surface area contributed by atoms with Crippen LogP contribution in [0.5, 0.6) is 0 Å². The van der Waals surface area contributed by atoms with Gasteiger partial charge in [0.1, 0.15) is 0 Å². The fourth-order valence-electron chi connectivity index (χ4n) is 4.41. The van der Waals surface area contributed by atoms with Gasteiger partial charge in [-0.2, -0.15) is 0 Å². The molecule has 1 aliphatic carbocycles. The highest BCUT2D eigenvalue weighted by atomic mass is 16.5. The quantitative estimate of drug-likeness (QED) is 0.472. The largest absolute Gasteiger partial charge is 0.379 e. The van der Waals surface area contributed by atoms with E-state index in [1.807, 2.05) is 0 Å². The van der Waals surface area contributed by atoms with Crippen LogP contribution in [0.3, 0.4) is 0 Å². The molecule has 156 valence electrons. The summed E-state index contributed by atoms with van der Waals surface area (Å²) in [5, 5.41) is 7.07. The first-order valence-electron chi connectivity index (χ1n) is 11.2. The molecule has 2 N–H and O–H groups in total. The molecule has 0 aromatic carbocycles. The van der Waals surface area contributed by atoms with E-state index in [0.717, 1.165) is 63.9 Å². The highest BCUT2D eigenvalue weighted by Crippen LogP contribution is 2.31. The minimum absolute atomic E-state index is 0.515. The number of nitrogens with zero attached hydrogens (tertiary/aromatic N) is 3. The van der Waals surface area contributed by atoms with Crippen molar-refractivity contribution in [2.75, 3.05) is 59.0 Å². The molecule has 3 fully saturated rings. The topological polar surface area (TPSA) is 52.1 Å². The molecule has 1 saturated carbocycles. The molecule has 6 nitrogen and oxygen atoms in total. The SMILES string of the molecule is CCNC(=NCC(CC(C)C)N1CCOCC1)NCC1CCN(C2CC2)C1. The number of nitrogens with one attached hydrogen (secondary N) is 2. The lowest BCUT2D eigenvalue weighted by molar-refractivity contribution is 0.0143. The fourth-order valence-corrected chi connectivity index (χ4v) is 4.41. The Morgan fingerprint density at radius 3 is 2.56 bits per heavy atom. The number of guanidine groups is 1. The van der Waals surface area contributed by atoms with Crippen LogP contribution in [0.4, 0.5) is 0 Å². The third-order valence-corrected chi connectivity index (χ3v) is 6.05. The van der Waals surface area contributed by atoms with Crippen LogP contribution in [0.2, 0.25) is 0 Å². The molecular weight excluding hydrogens is 338 g/mol. The van der Waals surface area contributed by atoms with Crippen molar-refractivity contribution in [3.05, 3.63) is 0 Å². The van der Waals surface area contributed by atoms with Crippen LogP contribution in [0.1, 0.15) is 46.5 Å². The van der Waals surface area contributed by atoms with E-state index in [2.05, 4.69) is 41.2 Å². The van der Waals surface area contributed by atoms with Crippen LogP contribution >= 0.6 is 0 Å². The molecule has 2 unspecified atom stereocenters. The van der Waals surface area contributed by atoms with E-state index in [9.17, 15) is 0 Å². The van der Waals surface area contributed by atoms with Crippen LogP contribution in [0.25, 0.3) is 0 Å². The number of hydrogen-bond acceptors (Lipinski definition) is 4. The summed E-state index contributed by atoms with van der Waals surface area (Å²) in [6.45, 7) is 15.9. The molecule has 0 radical (unpaired) electrons. The maximum Gasteiger partial charge on any atom is 0.191 e. The third kappa shape index (κ3) is 6.91. The number of rotatable bonds is 9. The highest BCUT2D eigenvalue weighted by Gasteiger charge is 2.34. The van der Waals surface area contributed by atoms with Gasteiger partial charge in [0.2, 0.25) is 0 Å². The zero-order chi connectivity index (χ0) is 19.1. The molecule has 27 heavy (non-hydrogen) atoms. The van der Waals surface area contributed by atoms with Crippen molar-refractivity contribution < 1.29 is 4.74 Å². The van der Waals surface area contributed by atoms with Crippen LogP contribution in [-0.2, 0) is 4.74 Å². The number of ether oxygens (including phenoxy) is 1. The first kappa shape index (κ1) is 20.9. The summed E-state index contributed by atoms with van der Waals surface area (Å²) in [5.74, 6) is 2.44. The van der Waals surface area contributed by atoms with E-state index in [1.54, 1.807) is 0 Å². The van der Waals surface area contributed by atoms with Crippen molar-refractivity contribution >= 4 is 5.96 Å². The van der Waals surface area contributed by atoms with Gasteiger partial charge in [0.15, 0.2) is 5.96 Å². The Bertz CT molecular complexity index is 459. The van der Waals surface area contributed by atoms with Gasteiger partial charge in [0, 0.05) is 44.8 Å². The van der Waals surface area contributed by atoms with Gasteiger partial charge in [-0.15, -0.1) is 0 Å². The van der Waals surface area contributed by atoms with Gasteiger partial charge in [0.05, 0.1) is 19.8 Å². The van der Waals surface area contributed by atoms with Crippen molar-refractivity contribution in [3.63, 3.8) is 0 Å². The van der Waals surface area contributed by atoms with E-state index in [0.29, 0.717) is 12.0 Å². The van der Waals surface area contributed by atoms with Gasteiger partial charge in [-0.1, -0.05) is 13.8 Å². The Morgan fingerprint density at radius 2 is 1.89 bits per heavy atom. The van der Waals surface area contributed by atoms with Crippen molar-refractivity contribution in [2.45, 2.75) is 58.5 Å². The number of hydrogen-bond donors (Lipinski definition) is 2. The minimum atomic E-state index is 0.515. The molecule has 3 rings (SSSR count). The van der Waals surface area contributed by atoms with Crippen LogP contribution in [0.15, 0.2) is 4.99 Å². The zero-order valence-electron chi connectivity index (χ0n) is 17.8. The second-order valence-corrected chi connectivity index (χ2v) is 8.91. The van der Waals surface area contributed by atoms with Crippen LogP contribution in [0, 0.1) is 11.8 Å². The van der Waals surface area contributed by atoms with Gasteiger partial charge in [0.25, 0.3) is 0 Å². The minimum Gasteiger partial charge on any atom is -0.379 e. The molecule has 2 aliphatic heterocycles. The lowest BCUT2D eigenvalue weighted by Gasteiger charge is -2.34. The molecule has 2 saturated heterocycles. The first-order chi connectivity index (χ1) is 13.2. The lowest BCUT2D eigenvalue weighted by atomic mass is 10.0. The smallest absolute Gasteiger partial charge is 0.191 e. The summed E-state index contributed by atoms with van der Waals surface area (Å²) in [6.07, 6.45) is 5.36. The predicted molar refractivity (Wildman–Crippen MR) is 112 cm³/mol. The van der Waals surface area contributed by atoms with E-state index in [1.165, 1.54) is 38.8 Å². The lowest BCUT2D eigenvalue weighted by Crippen LogP contribution is -2.46. The van der Waals surface area contributed by atoms with Crippen LogP contribution < -0.4 is 10.6 Å². The van der Waals surface area contributed by atoms with E-state index >= 15 is 0 Å². The maximum atomic E-state index is 5.54. The Morgan fingerprint density at radius 1 is 1.11 bits per heavy atom. The highest BCUT2D eigenvalue weighted by molar-refractivity contribution is 5.79. The van der Waals surface area contributed by atoms with Gasteiger partial charge in [-0.25, -0.2) is 0 Å². The molecule has 2 atom stereocenters. The van der Waals surface area contributed by atoms with Crippen LogP contribution in [-0.4, -0.2) is 86.9 Å². The van der Waals surface area contributed by atoms with E-state index in [4.69, 9.17) is 9.73 Å². The average molecular weight is 380 g/mol. The van der Waals surface area contributed by atoms with Crippen molar-refractivity contribution in [1.82, 2.24) is 20.4 Å². The van der Waals surface area contributed by atoms with Gasteiger partial charge in [-0.3, -0.25) is 9.89 Å². The maximum absolute atomic E-state index is 5.54. The van der Waals surface area contributed by atoms with E-state index < -0.39 is 0 Å². The molecule has 0 aromatic rings. The molecule has 2 heterocycles. The summed E-state index contributed by atoms with van der Waals surface area (Å²) in [5.41, 5.74) is 0. The van der Waals surface area contributed by atoms with Gasteiger partial charge in [-0.05, 0) is 51.0 Å². The molecular formula is C21H41N5O. The molecule has 0 aromatic heterocycles. The Balaban J connectivity index is 1.49. The molecule has 0 amide bonds. The number of morpholine rings is 1. The Hall–Kier alpha value is -0.850. The van der Waals surface area contributed by atoms with Gasteiger partial charge >= 0.3 is 0 Å². The standard InChI is InChI=1S/C21H41N5O/c1-4-22-21(23-14-18-7-8-26(16-18)19-5-6-19)24-15-20(13-17(2)3)25-9-11-27-12-10-25/h17-20H,4-16H2,1-3H3,(H2,22,23,24). The summed E-state index contributed by atoms with van der Waals surface area (Å²) in [6, 6.07) is 1.42. The summed E-state index contributed by atoms with van der Waals surface area (Å²) < 4.78 is 5.54. The van der Waals surface area contributed by atoms with E-state index in [-0.39, 0.29) is 0 Å². The molecule has 6 heteroatoms. The Labute approximate surface area is 166 Å². The second kappa shape index (κ2) is 10.6. The summed E-state index contributed by atoms with van der Waals surface area (Å²) in [7, 11) is 0. The third-order valence-electron chi connectivity index (χ3n) is 6.05. The van der Waals surface area contributed by atoms with Crippen molar-refractivity contribution in [2.24, 2.45) is 16.8 Å². The van der Waals surface area contributed by atoms with Crippen molar-refractivity contribution in [1.29, 1.82) is 0 Å². The monoisotopic (exact) mass is 379 g/mol. The first-order valence-corrected chi connectivity index (χ1v) is 11.2. The Kier molecular flexibility index (Phi) is 8.22. The van der Waals surface area contributed by atoms with Gasteiger partial charge < -0.3 is 20.3 Å². The molecule has 0 bridgehead atoms. The molecule has 0 spiro atoms. The average Bonchev–Trinajstić information content (AvgIpc) is 3.41. The number of aliphatic imine (C=N–C) groups is 1. The normalized spacial score (nSPS) is 26.5. The summed E-state index contributed by atoms with van der Waals surface area (Å²) >= 11 is 0. The number of likely N-dealkylation sites (tertiary alicyclic amines) is 1. The predicted octanol–water partition coefficient (Wildman–Crippen LogP) is 1.77.